The van der Waals surface area contributed by atoms with E-state index in [1.165, 1.54) is 0 Å². The molecule has 0 aromatic heterocycles. The summed E-state index contributed by atoms with van der Waals surface area (Å²) in [5.41, 5.74) is 5.66. The Bertz CT molecular complexity index is 265. The van der Waals surface area contributed by atoms with E-state index in [9.17, 15) is 4.79 Å². The van der Waals surface area contributed by atoms with Gasteiger partial charge >= 0.3 is 0 Å². The first-order valence-corrected chi connectivity index (χ1v) is 6.64. The van der Waals surface area contributed by atoms with Crippen molar-refractivity contribution >= 4 is 5.91 Å². The van der Waals surface area contributed by atoms with Gasteiger partial charge in [-0.1, -0.05) is 13.8 Å². The normalized spacial score (nSPS) is 26.2. The molecular weight excluding hydrogens is 214 g/mol. The highest BCUT2D eigenvalue weighted by Gasteiger charge is 2.31. The lowest BCUT2D eigenvalue weighted by atomic mass is 10.0. The van der Waals surface area contributed by atoms with E-state index in [1.807, 2.05) is 0 Å². The zero-order valence-corrected chi connectivity index (χ0v) is 11.6. The number of carbonyl (C=O) groups excluding carboxylic acids is 1. The summed E-state index contributed by atoms with van der Waals surface area (Å²) in [6.45, 7) is 10.5. The van der Waals surface area contributed by atoms with Crippen LogP contribution < -0.4 is 11.1 Å². The van der Waals surface area contributed by atoms with Crippen LogP contribution >= 0.6 is 0 Å². The summed E-state index contributed by atoms with van der Waals surface area (Å²) in [6, 6.07) is 0.366. The van der Waals surface area contributed by atoms with Gasteiger partial charge in [0.1, 0.15) is 0 Å². The molecule has 1 amide bonds. The van der Waals surface area contributed by atoms with Crippen LogP contribution in [0, 0.1) is 5.92 Å². The van der Waals surface area contributed by atoms with Crippen LogP contribution in [-0.2, 0) is 4.79 Å². The molecule has 1 rings (SSSR count). The number of hydrogen-bond donors (Lipinski definition) is 2. The lowest BCUT2D eigenvalue weighted by molar-refractivity contribution is -0.124. The largest absolute Gasteiger partial charge is 0.350 e. The first kappa shape index (κ1) is 14.5. The van der Waals surface area contributed by atoms with Gasteiger partial charge in [0.2, 0.25) is 5.91 Å². The molecule has 4 heteroatoms. The molecule has 1 fully saturated rings. The molecule has 0 radical (unpaired) electrons. The van der Waals surface area contributed by atoms with Crippen molar-refractivity contribution in [1.82, 2.24) is 10.2 Å². The predicted octanol–water partition coefficient (Wildman–Crippen LogP) is 0.960. The lowest BCUT2D eigenvalue weighted by Crippen LogP contribution is -2.49. The summed E-state index contributed by atoms with van der Waals surface area (Å²) in [7, 11) is 0. The molecule has 3 N–H and O–H groups in total. The van der Waals surface area contributed by atoms with Gasteiger partial charge < -0.3 is 11.1 Å². The third-order valence-corrected chi connectivity index (χ3v) is 3.95. The number of amides is 1. The highest BCUT2D eigenvalue weighted by Crippen LogP contribution is 2.22. The average molecular weight is 241 g/mol. The van der Waals surface area contributed by atoms with Gasteiger partial charge in [0, 0.05) is 18.1 Å². The van der Waals surface area contributed by atoms with E-state index in [2.05, 4.69) is 37.9 Å². The van der Waals surface area contributed by atoms with E-state index in [1.54, 1.807) is 0 Å². The summed E-state index contributed by atoms with van der Waals surface area (Å²) in [5, 5.41) is 3.07. The second kappa shape index (κ2) is 5.83. The highest BCUT2D eigenvalue weighted by molar-refractivity contribution is 5.78. The second-order valence-corrected chi connectivity index (χ2v) is 5.83. The van der Waals surface area contributed by atoms with Crippen LogP contribution in [0.15, 0.2) is 0 Å². The SMILES string of the molecule is CCC(C)(C)NC(=O)CN1CCC(C)C1CN. The molecule has 4 nitrogen and oxygen atoms in total. The Kier molecular flexibility index (Phi) is 4.95. The van der Waals surface area contributed by atoms with Crippen molar-refractivity contribution in [3.63, 3.8) is 0 Å². The van der Waals surface area contributed by atoms with Crippen LogP contribution in [0.25, 0.3) is 0 Å². The van der Waals surface area contributed by atoms with Gasteiger partial charge in [0.15, 0.2) is 0 Å². The molecule has 0 saturated carbocycles. The van der Waals surface area contributed by atoms with Crippen molar-refractivity contribution in [3.05, 3.63) is 0 Å². The van der Waals surface area contributed by atoms with E-state index in [0.717, 1.165) is 19.4 Å². The van der Waals surface area contributed by atoms with Crippen LogP contribution in [0.3, 0.4) is 0 Å². The Morgan fingerprint density at radius 1 is 1.53 bits per heavy atom. The summed E-state index contributed by atoms with van der Waals surface area (Å²) in [5.74, 6) is 0.719. The van der Waals surface area contributed by atoms with Crippen molar-refractivity contribution < 1.29 is 4.79 Å². The van der Waals surface area contributed by atoms with Gasteiger partial charge in [0.05, 0.1) is 6.54 Å². The van der Waals surface area contributed by atoms with Crippen molar-refractivity contribution in [2.75, 3.05) is 19.6 Å². The first-order chi connectivity index (χ1) is 7.89. The van der Waals surface area contributed by atoms with Crippen molar-refractivity contribution in [2.45, 2.75) is 52.1 Å². The fourth-order valence-corrected chi connectivity index (χ4v) is 2.36. The maximum absolute atomic E-state index is 11.9. The molecule has 0 aromatic carbocycles. The fourth-order valence-electron chi connectivity index (χ4n) is 2.36. The molecule has 17 heavy (non-hydrogen) atoms. The minimum Gasteiger partial charge on any atom is -0.350 e. The third kappa shape index (κ3) is 3.96. The number of rotatable bonds is 5. The Labute approximate surface area is 105 Å². The molecule has 0 aliphatic carbocycles. The van der Waals surface area contributed by atoms with E-state index in [4.69, 9.17) is 5.73 Å². The number of hydrogen-bond acceptors (Lipinski definition) is 3. The smallest absolute Gasteiger partial charge is 0.234 e. The van der Waals surface area contributed by atoms with E-state index in [-0.39, 0.29) is 11.4 Å². The maximum atomic E-state index is 11.9. The third-order valence-electron chi connectivity index (χ3n) is 3.95. The molecule has 1 heterocycles. The van der Waals surface area contributed by atoms with Crippen LogP contribution in [-0.4, -0.2) is 42.0 Å². The Morgan fingerprint density at radius 3 is 2.71 bits per heavy atom. The minimum absolute atomic E-state index is 0.110. The average Bonchev–Trinajstić information content (AvgIpc) is 2.58. The summed E-state index contributed by atoms with van der Waals surface area (Å²) >= 11 is 0. The Balaban J connectivity index is 2.46. The van der Waals surface area contributed by atoms with Crippen LogP contribution in [0.2, 0.25) is 0 Å². The minimum atomic E-state index is -0.110. The zero-order valence-electron chi connectivity index (χ0n) is 11.6. The molecule has 2 unspecified atom stereocenters. The van der Waals surface area contributed by atoms with E-state index < -0.39 is 0 Å². The maximum Gasteiger partial charge on any atom is 0.234 e. The second-order valence-electron chi connectivity index (χ2n) is 5.83. The zero-order chi connectivity index (χ0) is 13.1. The molecule has 1 saturated heterocycles. The standard InChI is InChI=1S/C13H27N3O/c1-5-13(3,4)15-12(17)9-16-7-6-10(2)11(16)8-14/h10-11H,5-9,14H2,1-4H3,(H,15,17). The lowest BCUT2D eigenvalue weighted by Gasteiger charge is -2.29. The number of likely N-dealkylation sites (tertiary alicyclic amines) is 1. The number of nitrogens with zero attached hydrogens (tertiary/aromatic N) is 1. The van der Waals surface area contributed by atoms with Crippen LogP contribution in [0.1, 0.15) is 40.5 Å². The molecule has 0 aromatic rings. The monoisotopic (exact) mass is 241 g/mol. The number of nitrogens with one attached hydrogen (secondary N) is 1. The van der Waals surface area contributed by atoms with Crippen molar-refractivity contribution in [3.8, 4) is 0 Å². The summed E-state index contributed by atoms with van der Waals surface area (Å²) in [6.07, 6.45) is 2.09. The van der Waals surface area contributed by atoms with Gasteiger partial charge in [-0.3, -0.25) is 9.69 Å². The number of carbonyl (C=O) groups is 1. The highest BCUT2D eigenvalue weighted by atomic mass is 16.2. The molecule has 1 aliphatic heterocycles. The van der Waals surface area contributed by atoms with Crippen LogP contribution in [0.5, 0.6) is 0 Å². The first-order valence-electron chi connectivity index (χ1n) is 6.64. The van der Waals surface area contributed by atoms with E-state index in [0.29, 0.717) is 25.0 Å². The molecular formula is C13H27N3O. The summed E-state index contributed by atoms with van der Waals surface area (Å²) in [4.78, 5) is 14.2. The topological polar surface area (TPSA) is 58.4 Å². The van der Waals surface area contributed by atoms with Gasteiger partial charge in [-0.25, -0.2) is 0 Å². The van der Waals surface area contributed by atoms with Crippen molar-refractivity contribution in [1.29, 1.82) is 0 Å². The quantitative estimate of drug-likeness (QED) is 0.754. The fraction of sp³-hybridized carbons (Fsp3) is 0.923. The number of nitrogens with two attached hydrogens (primary N) is 1. The van der Waals surface area contributed by atoms with Crippen LogP contribution in [0.4, 0.5) is 0 Å². The predicted molar refractivity (Wildman–Crippen MR) is 70.7 cm³/mol. The molecule has 1 aliphatic rings. The molecule has 2 atom stereocenters. The van der Waals surface area contributed by atoms with Crippen molar-refractivity contribution in [2.24, 2.45) is 11.7 Å². The summed E-state index contributed by atoms with van der Waals surface area (Å²) < 4.78 is 0. The van der Waals surface area contributed by atoms with Gasteiger partial charge in [0.25, 0.3) is 0 Å². The van der Waals surface area contributed by atoms with Gasteiger partial charge in [-0.05, 0) is 39.2 Å². The van der Waals surface area contributed by atoms with Gasteiger partial charge in [-0.2, -0.15) is 0 Å². The van der Waals surface area contributed by atoms with Gasteiger partial charge in [-0.15, -0.1) is 0 Å². The molecule has 0 spiro atoms. The Morgan fingerprint density at radius 2 is 2.18 bits per heavy atom. The molecule has 0 bridgehead atoms. The van der Waals surface area contributed by atoms with E-state index >= 15 is 0 Å². The Hall–Kier alpha value is -0.610. The molecule has 100 valence electrons.